The number of rotatable bonds is 5. The molecule has 0 heterocycles. The van der Waals surface area contributed by atoms with Crippen LogP contribution in [0.25, 0.3) is 0 Å². The van der Waals surface area contributed by atoms with Crippen molar-refractivity contribution in [1.82, 2.24) is 10.7 Å². The van der Waals surface area contributed by atoms with Gasteiger partial charge in [0.25, 0.3) is 5.91 Å². The van der Waals surface area contributed by atoms with Crippen molar-refractivity contribution in [2.24, 2.45) is 11.0 Å². The molecule has 0 aromatic heterocycles. The van der Waals surface area contributed by atoms with Crippen LogP contribution < -0.4 is 10.7 Å². The number of hydrazone groups is 1. The van der Waals surface area contributed by atoms with E-state index in [0.717, 1.165) is 27.7 Å². The van der Waals surface area contributed by atoms with Crippen molar-refractivity contribution in [3.63, 3.8) is 0 Å². The summed E-state index contributed by atoms with van der Waals surface area (Å²) in [5, 5.41) is 7.20. The summed E-state index contributed by atoms with van der Waals surface area (Å²) < 4.78 is 1.02. The van der Waals surface area contributed by atoms with Crippen LogP contribution in [0, 0.1) is 12.8 Å². The molecule has 138 valence electrons. The number of fused-ring (bicyclic) bond motifs is 1. The lowest BCUT2D eigenvalue weighted by molar-refractivity contribution is -0.120. The molecular formula is C22H22BrN3O. The van der Waals surface area contributed by atoms with E-state index in [1.165, 1.54) is 5.57 Å². The molecular weight excluding hydrogens is 402 g/mol. The zero-order valence-electron chi connectivity index (χ0n) is 15.2. The highest BCUT2D eigenvalue weighted by molar-refractivity contribution is 9.10. The minimum Gasteiger partial charge on any atom is -0.376 e. The highest BCUT2D eigenvalue weighted by Gasteiger charge is 2.12. The SMILES string of the molecule is Cc1cc(Br)ccc1/C=N/NC(=O)CNC1=C/C2=C/C/C=C\C=CC2C=C1. The van der Waals surface area contributed by atoms with Crippen molar-refractivity contribution in [2.75, 3.05) is 6.54 Å². The van der Waals surface area contributed by atoms with E-state index in [1.54, 1.807) is 6.21 Å². The largest absolute Gasteiger partial charge is 0.376 e. The molecule has 1 aromatic rings. The zero-order valence-corrected chi connectivity index (χ0v) is 16.7. The number of amides is 1. The minimum absolute atomic E-state index is 0.167. The van der Waals surface area contributed by atoms with Gasteiger partial charge in [-0.3, -0.25) is 4.79 Å². The molecule has 1 atom stereocenters. The number of hydrogen-bond acceptors (Lipinski definition) is 3. The molecule has 2 N–H and O–H groups in total. The molecule has 0 saturated heterocycles. The van der Waals surface area contributed by atoms with Crippen LogP contribution in [-0.2, 0) is 4.79 Å². The van der Waals surface area contributed by atoms with Gasteiger partial charge in [-0.25, -0.2) is 5.43 Å². The smallest absolute Gasteiger partial charge is 0.259 e. The molecule has 2 aliphatic rings. The summed E-state index contributed by atoms with van der Waals surface area (Å²) >= 11 is 3.43. The third kappa shape index (κ3) is 5.66. The Morgan fingerprint density at radius 1 is 1.33 bits per heavy atom. The van der Waals surface area contributed by atoms with Gasteiger partial charge in [0.05, 0.1) is 12.8 Å². The van der Waals surface area contributed by atoms with Gasteiger partial charge in [0.1, 0.15) is 0 Å². The van der Waals surface area contributed by atoms with Gasteiger partial charge in [-0.1, -0.05) is 58.5 Å². The van der Waals surface area contributed by atoms with Crippen LogP contribution in [0.3, 0.4) is 0 Å². The van der Waals surface area contributed by atoms with Crippen LogP contribution >= 0.6 is 15.9 Å². The normalized spacial score (nSPS) is 21.5. The van der Waals surface area contributed by atoms with Gasteiger partial charge in [0.2, 0.25) is 0 Å². The summed E-state index contributed by atoms with van der Waals surface area (Å²) in [5.41, 5.74) is 6.78. The Morgan fingerprint density at radius 3 is 3.07 bits per heavy atom. The Balaban J connectivity index is 1.51. The van der Waals surface area contributed by atoms with Crippen LogP contribution in [0.4, 0.5) is 0 Å². The van der Waals surface area contributed by atoms with Crippen molar-refractivity contribution in [3.8, 4) is 0 Å². The van der Waals surface area contributed by atoms with Crippen LogP contribution in [0.15, 0.2) is 87.7 Å². The number of carbonyl (C=O) groups is 1. The van der Waals surface area contributed by atoms with Gasteiger partial charge in [0, 0.05) is 16.1 Å². The lowest BCUT2D eigenvalue weighted by Crippen LogP contribution is -2.30. The van der Waals surface area contributed by atoms with E-state index in [4.69, 9.17) is 0 Å². The van der Waals surface area contributed by atoms with E-state index < -0.39 is 0 Å². The van der Waals surface area contributed by atoms with Gasteiger partial charge in [0.15, 0.2) is 0 Å². The molecule has 5 heteroatoms. The average Bonchev–Trinajstić information content (AvgIpc) is 2.62. The van der Waals surface area contributed by atoms with Gasteiger partial charge < -0.3 is 5.32 Å². The molecule has 0 fully saturated rings. The number of benzene rings is 1. The Hall–Kier alpha value is -2.66. The van der Waals surface area contributed by atoms with Gasteiger partial charge in [-0.2, -0.15) is 5.10 Å². The predicted octanol–water partition coefficient (Wildman–Crippen LogP) is 4.31. The molecule has 2 aliphatic carbocycles. The maximum atomic E-state index is 12.0. The van der Waals surface area contributed by atoms with E-state index >= 15 is 0 Å². The zero-order chi connectivity index (χ0) is 19.1. The first-order valence-corrected chi connectivity index (χ1v) is 9.66. The molecule has 1 aromatic carbocycles. The van der Waals surface area contributed by atoms with Crippen molar-refractivity contribution in [1.29, 1.82) is 0 Å². The van der Waals surface area contributed by atoms with Crippen LogP contribution in [0.5, 0.6) is 0 Å². The predicted molar refractivity (Wildman–Crippen MR) is 114 cm³/mol. The standard InChI is InChI=1S/C22H22BrN3O/c1-16-12-20(23)10-8-19(16)14-25-26-22(27)15-24-21-11-9-17-6-4-2-3-5-7-18(17)13-21/h2-4,6-14,17,24H,5,15H2,1H3,(H,26,27)/b3-2-,6-4?,18-7-,25-14+. The van der Waals surface area contributed by atoms with Gasteiger partial charge in [-0.15, -0.1) is 0 Å². The molecule has 1 unspecified atom stereocenters. The van der Waals surface area contributed by atoms with Gasteiger partial charge in [-0.05, 0) is 54.3 Å². The molecule has 0 spiro atoms. The molecule has 3 rings (SSSR count). The number of halogens is 1. The highest BCUT2D eigenvalue weighted by atomic mass is 79.9. The fraction of sp³-hybridized carbons (Fsp3) is 0.182. The molecule has 1 amide bonds. The summed E-state index contributed by atoms with van der Waals surface area (Å²) in [7, 11) is 0. The monoisotopic (exact) mass is 423 g/mol. The van der Waals surface area contributed by atoms with Gasteiger partial charge >= 0.3 is 0 Å². The van der Waals surface area contributed by atoms with E-state index in [9.17, 15) is 4.79 Å². The summed E-state index contributed by atoms with van der Waals surface area (Å²) in [6, 6.07) is 5.91. The van der Waals surface area contributed by atoms with Crippen LogP contribution in [0.2, 0.25) is 0 Å². The molecule has 0 saturated carbocycles. The second-order valence-electron chi connectivity index (χ2n) is 6.39. The number of nitrogens with one attached hydrogen (secondary N) is 2. The van der Waals surface area contributed by atoms with Crippen molar-refractivity contribution < 1.29 is 4.79 Å². The first-order valence-electron chi connectivity index (χ1n) is 8.87. The number of carbonyl (C=O) groups excluding carboxylic acids is 1. The fourth-order valence-corrected chi connectivity index (χ4v) is 3.32. The van der Waals surface area contributed by atoms with Crippen LogP contribution in [0.1, 0.15) is 17.5 Å². The third-order valence-electron chi connectivity index (χ3n) is 4.32. The number of allylic oxidation sites excluding steroid dienone is 9. The quantitative estimate of drug-likeness (QED) is 0.547. The average molecular weight is 424 g/mol. The lowest BCUT2D eigenvalue weighted by Gasteiger charge is -2.18. The second-order valence-corrected chi connectivity index (χ2v) is 7.30. The molecule has 0 aliphatic heterocycles. The lowest BCUT2D eigenvalue weighted by atomic mass is 9.91. The fourth-order valence-electron chi connectivity index (χ4n) is 2.85. The Labute approximate surface area is 168 Å². The Bertz CT molecular complexity index is 891. The van der Waals surface area contributed by atoms with Crippen molar-refractivity contribution in [3.05, 3.63) is 93.7 Å². The summed E-state index contributed by atoms with van der Waals surface area (Å²) in [4.78, 5) is 12.0. The van der Waals surface area contributed by atoms with E-state index in [0.29, 0.717) is 5.92 Å². The minimum atomic E-state index is -0.188. The summed E-state index contributed by atoms with van der Waals surface area (Å²) in [6.07, 6.45) is 19.5. The molecule has 4 nitrogen and oxygen atoms in total. The molecule has 27 heavy (non-hydrogen) atoms. The number of nitrogens with zero attached hydrogens (tertiary/aromatic N) is 1. The number of aryl methyl sites for hydroxylation is 1. The van der Waals surface area contributed by atoms with E-state index in [2.05, 4.69) is 74.3 Å². The first kappa shape index (κ1) is 19.1. The maximum Gasteiger partial charge on any atom is 0.259 e. The molecule has 0 radical (unpaired) electrons. The van der Waals surface area contributed by atoms with Crippen molar-refractivity contribution in [2.45, 2.75) is 13.3 Å². The summed E-state index contributed by atoms with van der Waals surface area (Å²) in [6.45, 7) is 2.17. The Morgan fingerprint density at radius 2 is 2.22 bits per heavy atom. The van der Waals surface area contributed by atoms with Crippen molar-refractivity contribution >= 4 is 28.1 Å². The topological polar surface area (TPSA) is 53.5 Å². The Kier molecular flexibility index (Phi) is 6.60. The second kappa shape index (κ2) is 9.33. The van der Waals surface area contributed by atoms with E-state index in [-0.39, 0.29) is 12.5 Å². The first-order chi connectivity index (χ1) is 13.1. The maximum absolute atomic E-state index is 12.0. The third-order valence-corrected chi connectivity index (χ3v) is 4.82. The highest BCUT2D eigenvalue weighted by Crippen LogP contribution is 2.24. The number of hydrogen-bond donors (Lipinski definition) is 2. The molecule has 0 bridgehead atoms. The van der Waals surface area contributed by atoms with E-state index in [1.807, 2.05) is 31.2 Å². The van der Waals surface area contributed by atoms with Crippen LogP contribution in [-0.4, -0.2) is 18.7 Å². The summed E-state index contributed by atoms with van der Waals surface area (Å²) in [5.74, 6) is 0.111.